The van der Waals surface area contributed by atoms with Crippen LogP contribution < -0.4 is 14.4 Å². The highest BCUT2D eigenvalue weighted by Gasteiger charge is 2.50. The quantitative estimate of drug-likeness (QED) is 0.567. The highest BCUT2D eigenvalue weighted by atomic mass is 16.5. The Morgan fingerprint density at radius 1 is 0.935 bits per heavy atom. The lowest BCUT2D eigenvalue weighted by Gasteiger charge is -2.23. The number of aliphatic hydroxyl groups is 1. The van der Waals surface area contributed by atoms with Crippen LogP contribution in [0.3, 0.4) is 0 Å². The molecule has 0 aromatic heterocycles. The molecule has 4 rings (SSSR count). The van der Waals surface area contributed by atoms with Gasteiger partial charge in [0.15, 0.2) is 22.9 Å². The van der Waals surface area contributed by atoms with E-state index in [-0.39, 0.29) is 25.4 Å². The van der Waals surface area contributed by atoms with Crippen molar-refractivity contribution >= 4 is 17.4 Å². The number of anilines is 1. The number of para-hydroxylation sites is 3. The molecule has 1 aliphatic heterocycles. The second-order valence-electron chi connectivity index (χ2n) is 7.30. The fraction of sp³-hybridized carbons (Fsp3) is 0.200. The number of methoxy groups -OCH3 is 1. The van der Waals surface area contributed by atoms with Crippen LogP contribution in [0, 0.1) is 0 Å². The molecule has 6 nitrogen and oxygen atoms in total. The zero-order chi connectivity index (χ0) is 21.8. The molecular formula is C25H23NO5. The van der Waals surface area contributed by atoms with Crippen molar-refractivity contribution < 1.29 is 24.2 Å². The summed E-state index contributed by atoms with van der Waals surface area (Å²) in [6.45, 7) is 0.416. The Morgan fingerprint density at radius 2 is 1.58 bits per heavy atom. The highest BCUT2D eigenvalue weighted by molar-refractivity contribution is 6.10. The van der Waals surface area contributed by atoms with E-state index in [2.05, 4.69) is 0 Å². The largest absolute Gasteiger partial charge is 0.493 e. The van der Waals surface area contributed by atoms with E-state index in [0.717, 1.165) is 0 Å². The smallest absolute Gasteiger partial charge is 0.264 e. The maximum absolute atomic E-state index is 13.3. The van der Waals surface area contributed by atoms with Crippen LogP contribution in [0.4, 0.5) is 5.69 Å². The first kappa shape index (κ1) is 20.6. The van der Waals surface area contributed by atoms with Gasteiger partial charge >= 0.3 is 0 Å². The topological polar surface area (TPSA) is 76.1 Å². The third-order valence-electron chi connectivity index (χ3n) is 5.39. The number of benzene rings is 3. The van der Waals surface area contributed by atoms with Crippen molar-refractivity contribution in [3.8, 4) is 11.5 Å². The van der Waals surface area contributed by atoms with Crippen LogP contribution in [0.1, 0.15) is 22.3 Å². The first-order valence-corrected chi connectivity index (χ1v) is 10.0. The summed E-state index contributed by atoms with van der Waals surface area (Å²) in [5, 5.41) is 11.3. The summed E-state index contributed by atoms with van der Waals surface area (Å²) < 4.78 is 11.1. The van der Waals surface area contributed by atoms with Crippen LogP contribution in [0.25, 0.3) is 0 Å². The Balaban J connectivity index is 1.54. The lowest BCUT2D eigenvalue weighted by molar-refractivity contribution is -0.135. The predicted molar refractivity (Wildman–Crippen MR) is 117 cm³/mol. The van der Waals surface area contributed by atoms with E-state index in [4.69, 9.17) is 9.47 Å². The van der Waals surface area contributed by atoms with E-state index in [0.29, 0.717) is 28.3 Å². The van der Waals surface area contributed by atoms with Gasteiger partial charge in [0.05, 0.1) is 25.8 Å². The van der Waals surface area contributed by atoms with E-state index in [9.17, 15) is 14.7 Å². The SMILES string of the molecule is COc1ccccc1OCCN1C(=O)[C@@](O)(CC(=O)c2ccccc2)c2ccccc21. The summed E-state index contributed by atoms with van der Waals surface area (Å²) in [7, 11) is 1.56. The van der Waals surface area contributed by atoms with Crippen molar-refractivity contribution in [3.05, 3.63) is 90.0 Å². The van der Waals surface area contributed by atoms with E-state index >= 15 is 0 Å². The third-order valence-corrected chi connectivity index (χ3v) is 5.39. The summed E-state index contributed by atoms with van der Waals surface area (Å²) in [6.07, 6.45) is -0.323. The molecule has 0 fully saturated rings. The summed E-state index contributed by atoms with van der Waals surface area (Å²) >= 11 is 0. The number of carbonyl (C=O) groups is 2. The molecule has 6 heteroatoms. The number of ketones is 1. The summed E-state index contributed by atoms with van der Waals surface area (Å²) in [6, 6.07) is 22.9. The molecule has 0 aliphatic carbocycles. The van der Waals surface area contributed by atoms with Gasteiger partial charge in [0.2, 0.25) is 0 Å². The number of amides is 1. The van der Waals surface area contributed by atoms with Crippen LogP contribution >= 0.6 is 0 Å². The molecule has 0 saturated carbocycles. The van der Waals surface area contributed by atoms with Crippen LogP contribution in [-0.4, -0.2) is 37.1 Å². The van der Waals surface area contributed by atoms with Gasteiger partial charge in [-0.1, -0.05) is 60.7 Å². The Hall–Kier alpha value is -3.64. The molecule has 3 aromatic rings. The minimum atomic E-state index is -1.91. The normalized spacial score (nSPS) is 17.4. The fourth-order valence-corrected chi connectivity index (χ4v) is 3.84. The molecule has 158 valence electrons. The molecule has 1 aliphatic rings. The maximum Gasteiger partial charge on any atom is 0.264 e. The summed E-state index contributed by atoms with van der Waals surface area (Å²) in [4.78, 5) is 27.5. The number of rotatable bonds is 8. The van der Waals surface area contributed by atoms with Crippen molar-refractivity contribution in [3.63, 3.8) is 0 Å². The number of fused-ring (bicyclic) bond motifs is 1. The van der Waals surface area contributed by atoms with Gasteiger partial charge in [-0.2, -0.15) is 0 Å². The number of carbonyl (C=O) groups excluding carboxylic acids is 2. The number of ether oxygens (including phenoxy) is 2. The Kier molecular flexibility index (Phi) is 5.73. The predicted octanol–water partition coefficient (Wildman–Crippen LogP) is 3.58. The third kappa shape index (κ3) is 3.90. The van der Waals surface area contributed by atoms with Crippen LogP contribution in [0.5, 0.6) is 11.5 Å². The molecule has 31 heavy (non-hydrogen) atoms. The fourth-order valence-electron chi connectivity index (χ4n) is 3.84. The Labute approximate surface area is 180 Å². The molecule has 1 atom stereocenters. The van der Waals surface area contributed by atoms with Crippen molar-refractivity contribution in [1.29, 1.82) is 0 Å². The average Bonchev–Trinajstić information content (AvgIpc) is 3.02. The maximum atomic E-state index is 13.3. The molecule has 1 N–H and O–H groups in total. The number of nitrogens with zero attached hydrogens (tertiary/aromatic N) is 1. The van der Waals surface area contributed by atoms with Crippen molar-refractivity contribution in [2.75, 3.05) is 25.2 Å². The zero-order valence-electron chi connectivity index (χ0n) is 17.2. The molecule has 0 bridgehead atoms. The van der Waals surface area contributed by atoms with Crippen molar-refractivity contribution in [1.82, 2.24) is 0 Å². The molecule has 0 spiro atoms. The minimum absolute atomic E-state index is 0.198. The standard InChI is InChI=1S/C25H23NO5/c1-30-22-13-7-8-14-23(22)31-16-15-26-20-12-6-5-11-19(20)25(29,24(26)28)17-21(27)18-9-3-2-4-10-18/h2-14,29H,15-17H2,1H3/t25-/m1/s1. The highest BCUT2D eigenvalue weighted by Crippen LogP contribution is 2.42. The monoisotopic (exact) mass is 417 g/mol. The molecule has 0 saturated heterocycles. The number of hydrogen-bond acceptors (Lipinski definition) is 5. The van der Waals surface area contributed by atoms with Gasteiger partial charge in [-0.05, 0) is 18.2 Å². The van der Waals surface area contributed by atoms with E-state index in [1.165, 1.54) is 4.90 Å². The van der Waals surface area contributed by atoms with Crippen LogP contribution in [0.2, 0.25) is 0 Å². The van der Waals surface area contributed by atoms with Gasteiger partial charge < -0.3 is 19.5 Å². The lowest BCUT2D eigenvalue weighted by atomic mass is 9.88. The van der Waals surface area contributed by atoms with E-state index < -0.39 is 11.5 Å². The Morgan fingerprint density at radius 3 is 2.32 bits per heavy atom. The molecule has 1 heterocycles. The lowest BCUT2D eigenvalue weighted by Crippen LogP contribution is -2.43. The minimum Gasteiger partial charge on any atom is -0.493 e. The average molecular weight is 417 g/mol. The van der Waals surface area contributed by atoms with E-state index in [1.54, 1.807) is 67.8 Å². The van der Waals surface area contributed by atoms with Gasteiger partial charge in [0.25, 0.3) is 5.91 Å². The van der Waals surface area contributed by atoms with Crippen LogP contribution in [0.15, 0.2) is 78.9 Å². The van der Waals surface area contributed by atoms with Crippen molar-refractivity contribution in [2.45, 2.75) is 12.0 Å². The zero-order valence-corrected chi connectivity index (χ0v) is 17.2. The van der Waals surface area contributed by atoms with Gasteiger partial charge in [0.1, 0.15) is 6.61 Å². The summed E-state index contributed by atoms with van der Waals surface area (Å²) in [5.74, 6) is 0.347. The number of hydrogen-bond donors (Lipinski definition) is 1. The molecular weight excluding hydrogens is 394 g/mol. The first-order valence-electron chi connectivity index (χ1n) is 10.0. The van der Waals surface area contributed by atoms with Gasteiger partial charge in [-0.25, -0.2) is 0 Å². The van der Waals surface area contributed by atoms with Gasteiger partial charge in [0, 0.05) is 11.1 Å². The number of Topliss-reactive ketones (excluding diaryl/α,β-unsaturated/α-hetero) is 1. The Bertz CT molecular complexity index is 1100. The second-order valence-corrected chi connectivity index (χ2v) is 7.30. The van der Waals surface area contributed by atoms with Gasteiger partial charge in [-0.15, -0.1) is 0 Å². The molecule has 0 radical (unpaired) electrons. The molecule has 0 unspecified atom stereocenters. The first-order chi connectivity index (χ1) is 15.0. The van der Waals surface area contributed by atoms with Crippen molar-refractivity contribution in [2.24, 2.45) is 0 Å². The van der Waals surface area contributed by atoms with E-state index in [1.807, 2.05) is 18.2 Å². The summed E-state index contributed by atoms with van der Waals surface area (Å²) in [5.41, 5.74) is -0.436. The second kappa shape index (κ2) is 8.62. The van der Waals surface area contributed by atoms with Crippen LogP contribution in [-0.2, 0) is 10.4 Å². The molecule has 1 amide bonds. The molecule has 3 aromatic carbocycles. The van der Waals surface area contributed by atoms with Gasteiger partial charge in [-0.3, -0.25) is 9.59 Å².